The fourth-order valence-corrected chi connectivity index (χ4v) is 5.21. The number of benzene rings is 2. The van der Waals surface area contributed by atoms with Gasteiger partial charge in [0.15, 0.2) is 0 Å². The molecule has 1 heterocycles. The fourth-order valence-electron chi connectivity index (χ4n) is 3.69. The Morgan fingerprint density at radius 1 is 1.07 bits per heavy atom. The molecule has 0 radical (unpaired) electrons. The summed E-state index contributed by atoms with van der Waals surface area (Å²) in [5.74, 6) is 2.03. The van der Waals surface area contributed by atoms with Gasteiger partial charge >= 0.3 is 0 Å². The van der Waals surface area contributed by atoms with Crippen molar-refractivity contribution in [3.63, 3.8) is 0 Å². The quantitative estimate of drug-likeness (QED) is 0.691. The Hall–Kier alpha value is -2.56. The van der Waals surface area contributed by atoms with Gasteiger partial charge in [-0.15, -0.1) is 0 Å². The Balaban J connectivity index is 1.59. The summed E-state index contributed by atoms with van der Waals surface area (Å²) < 4.78 is 37.9. The van der Waals surface area contributed by atoms with E-state index in [-0.39, 0.29) is 4.90 Å². The first-order valence-corrected chi connectivity index (χ1v) is 11.1. The van der Waals surface area contributed by atoms with Gasteiger partial charge in [0.2, 0.25) is 10.0 Å². The number of hydrogen-bond donors (Lipinski definition) is 0. The SMILES string of the molecule is COc1cc(CCC2CCN(S(=O)(=O)c3cccc(C#N)c3)CC2)cc(OC)c1. The first-order chi connectivity index (χ1) is 14.0. The summed E-state index contributed by atoms with van der Waals surface area (Å²) >= 11 is 0. The lowest BCUT2D eigenvalue weighted by molar-refractivity contribution is 0.263. The zero-order valence-electron chi connectivity index (χ0n) is 16.8. The van der Waals surface area contributed by atoms with E-state index in [4.69, 9.17) is 14.7 Å². The van der Waals surface area contributed by atoms with Crippen LogP contribution in [0.1, 0.15) is 30.4 Å². The molecule has 2 aromatic carbocycles. The van der Waals surface area contributed by atoms with Crippen molar-refractivity contribution in [2.75, 3.05) is 27.3 Å². The van der Waals surface area contributed by atoms with Crippen LogP contribution in [0.4, 0.5) is 0 Å². The standard InChI is InChI=1S/C22H26N2O4S/c1-27-20-12-18(13-21(15-20)28-2)7-6-17-8-10-24(11-9-17)29(25,26)22-5-3-4-19(14-22)16-23/h3-5,12-15,17H,6-11H2,1-2H3. The molecule has 0 aliphatic carbocycles. The molecule has 0 saturated carbocycles. The molecular formula is C22H26N2O4S. The lowest BCUT2D eigenvalue weighted by Gasteiger charge is -2.31. The molecule has 7 heteroatoms. The van der Waals surface area contributed by atoms with E-state index in [1.807, 2.05) is 24.3 Å². The molecule has 6 nitrogen and oxygen atoms in total. The van der Waals surface area contributed by atoms with Gasteiger partial charge < -0.3 is 9.47 Å². The highest BCUT2D eigenvalue weighted by Crippen LogP contribution is 2.29. The Morgan fingerprint density at radius 3 is 2.31 bits per heavy atom. The first kappa shape index (κ1) is 21.2. The number of nitriles is 1. The summed E-state index contributed by atoms with van der Waals surface area (Å²) in [5.41, 5.74) is 1.51. The minimum Gasteiger partial charge on any atom is -0.497 e. The van der Waals surface area contributed by atoms with Crippen LogP contribution in [-0.4, -0.2) is 40.0 Å². The summed E-state index contributed by atoms with van der Waals surface area (Å²) in [6, 6.07) is 14.1. The van der Waals surface area contributed by atoms with E-state index in [0.717, 1.165) is 42.7 Å². The number of rotatable bonds is 7. The van der Waals surface area contributed by atoms with E-state index in [1.165, 1.54) is 10.4 Å². The monoisotopic (exact) mass is 414 g/mol. The maximum Gasteiger partial charge on any atom is 0.243 e. The Labute approximate surface area is 172 Å². The summed E-state index contributed by atoms with van der Waals surface area (Å²) in [6.45, 7) is 1.01. The average molecular weight is 415 g/mol. The molecular weight excluding hydrogens is 388 g/mol. The smallest absolute Gasteiger partial charge is 0.243 e. The number of piperidine rings is 1. The van der Waals surface area contributed by atoms with Crippen LogP contribution >= 0.6 is 0 Å². The van der Waals surface area contributed by atoms with Crippen LogP contribution < -0.4 is 9.47 Å². The summed E-state index contributed by atoms with van der Waals surface area (Å²) in [6.07, 6.45) is 3.56. The number of nitrogens with zero attached hydrogens (tertiary/aromatic N) is 2. The molecule has 0 aromatic heterocycles. The Morgan fingerprint density at radius 2 is 1.72 bits per heavy atom. The summed E-state index contributed by atoms with van der Waals surface area (Å²) in [4.78, 5) is 0.193. The maximum atomic E-state index is 12.9. The second-order valence-electron chi connectivity index (χ2n) is 7.25. The van der Waals surface area contributed by atoms with Crippen molar-refractivity contribution in [1.29, 1.82) is 5.26 Å². The topological polar surface area (TPSA) is 79.6 Å². The molecule has 0 spiro atoms. The van der Waals surface area contributed by atoms with E-state index in [0.29, 0.717) is 24.6 Å². The molecule has 1 saturated heterocycles. The Kier molecular flexibility index (Phi) is 6.78. The van der Waals surface area contributed by atoms with E-state index in [2.05, 4.69) is 0 Å². The van der Waals surface area contributed by atoms with Gasteiger partial charge in [-0.3, -0.25) is 0 Å². The van der Waals surface area contributed by atoms with Crippen LogP contribution in [0.15, 0.2) is 47.4 Å². The normalized spacial score (nSPS) is 15.6. The first-order valence-electron chi connectivity index (χ1n) is 9.68. The molecule has 29 heavy (non-hydrogen) atoms. The number of sulfonamides is 1. The van der Waals surface area contributed by atoms with Gasteiger partial charge in [0.25, 0.3) is 0 Å². The third-order valence-corrected chi connectivity index (χ3v) is 7.32. The van der Waals surface area contributed by atoms with Crippen molar-refractivity contribution in [2.24, 2.45) is 5.92 Å². The molecule has 0 amide bonds. The van der Waals surface area contributed by atoms with Crippen LogP contribution in [0.3, 0.4) is 0 Å². The minimum atomic E-state index is -3.55. The molecule has 2 aromatic rings. The van der Waals surface area contributed by atoms with Crippen LogP contribution in [0, 0.1) is 17.2 Å². The number of hydrogen-bond acceptors (Lipinski definition) is 5. The fraction of sp³-hybridized carbons (Fsp3) is 0.409. The molecule has 0 bridgehead atoms. The van der Waals surface area contributed by atoms with E-state index in [1.54, 1.807) is 32.4 Å². The summed E-state index contributed by atoms with van der Waals surface area (Å²) in [7, 11) is -0.274. The maximum absolute atomic E-state index is 12.9. The molecule has 0 N–H and O–H groups in total. The highest BCUT2D eigenvalue weighted by molar-refractivity contribution is 7.89. The third kappa shape index (κ3) is 5.08. The van der Waals surface area contributed by atoms with Crippen molar-refractivity contribution in [3.05, 3.63) is 53.6 Å². The van der Waals surface area contributed by atoms with Gasteiger partial charge in [-0.25, -0.2) is 8.42 Å². The number of ether oxygens (including phenoxy) is 2. The highest BCUT2D eigenvalue weighted by atomic mass is 32.2. The van der Waals surface area contributed by atoms with Crippen molar-refractivity contribution in [2.45, 2.75) is 30.6 Å². The molecule has 1 aliphatic rings. The van der Waals surface area contributed by atoms with Crippen LogP contribution in [0.5, 0.6) is 11.5 Å². The zero-order valence-corrected chi connectivity index (χ0v) is 17.6. The van der Waals surface area contributed by atoms with Gasteiger partial charge in [-0.2, -0.15) is 9.57 Å². The predicted octanol–water partition coefficient (Wildman–Crippen LogP) is 3.61. The van der Waals surface area contributed by atoms with E-state index < -0.39 is 10.0 Å². The Bertz CT molecular complexity index is 968. The van der Waals surface area contributed by atoms with Gasteiger partial charge in [-0.05, 0) is 67.5 Å². The largest absolute Gasteiger partial charge is 0.497 e. The van der Waals surface area contributed by atoms with Gasteiger partial charge in [-0.1, -0.05) is 6.07 Å². The van der Waals surface area contributed by atoms with Gasteiger partial charge in [0.05, 0.1) is 30.7 Å². The van der Waals surface area contributed by atoms with Crippen molar-refractivity contribution in [3.8, 4) is 17.6 Å². The van der Waals surface area contributed by atoms with Crippen LogP contribution in [-0.2, 0) is 16.4 Å². The molecule has 0 atom stereocenters. The lowest BCUT2D eigenvalue weighted by atomic mass is 9.91. The van der Waals surface area contributed by atoms with Crippen molar-refractivity contribution < 1.29 is 17.9 Å². The molecule has 1 aliphatic heterocycles. The van der Waals surface area contributed by atoms with Crippen molar-refractivity contribution >= 4 is 10.0 Å². The molecule has 0 unspecified atom stereocenters. The van der Waals surface area contributed by atoms with Crippen LogP contribution in [0.25, 0.3) is 0 Å². The van der Waals surface area contributed by atoms with Crippen LogP contribution in [0.2, 0.25) is 0 Å². The minimum absolute atomic E-state index is 0.193. The van der Waals surface area contributed by atoms with Crippen molar-refractivity contribution in [1.82, 2.24) is 4.31 Å². The van der Waals surface area contributed by atoms with E-state index in [9.17, 15) is 8.42 Å². The molecule has 1 fully saturated rings. The lowest BCUT2D eigenvalue weighted by Crippen LogP contribution is -2.38. The second-order valence-corrected chi connectivity index (χ2v) is 9.18. The van der Waals surface area contributed by atoms with Gasteiger partial charge in [0, 0.05) is 19.2 Å². The van der Waals surface area contributed by atoms with E-state index >= 15 is 0 Å². The summed E-state index contributed by atoms with van der Waals surface area (Å²) in [5, 5.41) is 9.02. The third-order valence-electron chi connectivity index (χ3n) is 5.43. The number of aryl methyl sites for hydroxylation is 1. The molecule has 3 rings (SSSR count). The second kappa shape index (κ2) is 9.29. The molecule has 154 valence electrons. The predicted molar refractivity (Wildman–Crippen MR) is 111 cm³/mol. The number of methoxy groups -OCH3 is 2. The zero-order chi connectivity index (χ0) is 20.9. The average Bonchev–Trinajstić information content (AvgIpc) is 2.77. The highest BCUT2D eigenvalue weighted by Gasteiger charge is 2.29. The van der Waals surface area contributed by atoms with Gasteiger partial charge in [0.1, 0.15) is 11.5 Å².